The van der Waals surface area contributed by atoms with E-state index in [0.717, 1.165) is 16.8 Å². The molecule has 0 spiro atoms. The van der Waals surface area contributed by atoms with Crippen molar-refractivity contribution in [1.29, 1.82) is 0 Å². The molecule has 2 aromatic heterocycles. The van der Waals surface area contributed by atoms with Gasteiger partial charge in [-0.1, -0.05) is 18.2 Å². The van der Waals surface area contributed by atoms with Gasteiger partial charge in [0.15, 0.2) is 9.84 Å². The minimum atomic E-state index is -3.27. The van der Waals surface area contributed by atoms with Gasteiger partial charge in [-0.15, -0.1) is 0 Å². The Labute approximate surface area is 169 Å². The maximum Gasteiger partial charge on any atom is 0.227 e. The number of nitrogens with zero attached hydrogens (tertiary/aromatic N) is 4. The fourth-order valence-electron chi connectivity index (χ4n) is 3.28. The Bertz CT molecular complexity index is 1130. The zero-order valence-electron chi connectivity index (χ0n) is 15.6. The number of carbonyl (C=O) groups is 1. The highest BCUT2D eigenvalue weighted by atomic mass is 32.2. The van der Waals surface area contributed by atoms with Crippen LogP contribution in [0.2, 0.25) is 0 Å². The number of para-hydroxylation sites is 1. The van der Waals surface area contributed by atoms with Gasteiger partial charge in [-0.25, -0.2) is 13.1 Å². The molecule has 1 unspecified atom stereocenters. The largest absolute Gasteiger partial charge is 0.331 e. The van der Waals surface area contributed by atoms with E-state index < -0.39 is 15.9 Å². The van der Waals surface area contributed by atoms with Crippen molar-refractivity contribution in [1.82, 2.24) is 19.7 Å². The number of amides is 1. The third-order valence-electron chi connectivity index (χ3n) is 4.75. The molecule has 3 heterocycles. The predicted molar refractivity (Wildman–Crippen MR) is 109 cm³/mol. The lowest BCUT2D eigenvalue weighted by Crippen LogP contribution is -2.41. The molecular weight excluding hydrogens is 388 g/mol. The Morgan fingerprint density at radius 1 is 1.10 bits per heavy atom. The first-order chi connectivity index (χ1) is 14.0. The Balaban J connectivity index is 1.54. The maximum atomic E-state index is 13.1. The van der Waals surface area contributed by atoms with E-state index in [2.05, 4.69) is 10.1 Å². The molecule has 148 valence electrons. The van der Waals surface area contributed by atoms with Crippen molar-refractivity contribution in [3.8, 4) is 5.69 Å². The number of aromatic nitrogens is 3. The van der Waals surface area contributed by atoms with E-state index in [9.17, 15) is 13.2 Å². The van der Waals surface area contributed by atoms with Crippen molar-refractivity contribution in [3.05, 3.63) is 89.9 Å². The summed E-state index contributed by atoms with van der Waals surface area (Å²) in [7, 11) is -3.27. The first-order valence-corrected chi connectivity index (χ1v) is 10.9. The Morgan fingerprint density at radius 3 is 2.55 bits per heavy atom. The van der Waals surface area contributed by atoms with Crippen molar-refractivity contribution < 1.29 is 13.2 Å². The predicted octanol–water partition coefficient (Wildman–Crippen LogP) is 2.15. The highest BCUT2D eigenvalue weighted by Crippen LogP contribution is 2.19. The second kappa shape index (κ2) is 8.00. The van der Waals surface area contributed by atoms with Crippen molar-refractivity contribution >= 4 is 15.7 Å². The molecule has 0 fully saturated rings. The van der Waals surface area contributed by atoms with E-state index in [1.165, 1.54) is 5.41 Å². The number of rotatable bonds is 6. The van der Waals surface area contributed by atoms with Crippen LogP contribution in [-0.2, 0) is 27.6 Å². The second-order valence-electron chi connectivity index (χ2n) is 6.91. The molecule has 29 heavy (non-hydrogen) atoms. The van der Waals surface area contributed by atoms with Gasteiger partial charge in [-0.3, -0.25) is 9.78 Å². The molecule has 0 saturated carbocycles. The van der Waals surface area contributed by atoms with Crippen LogP contribution in [0.4, 0.5) is 0 Å². The summed E-state index contributed by atoms with van der Waals surface area (Å²) in [5.74, 6) is -0.242. The van der Waals surface area contributed by atoms with Crippen molar-refractivity contribution in [3.63, 3.8) is 0 Å². The highest BCUT2D eigenvalue weighted by Gasteiger charge is 2.30. The molecule has 3 aromatic rings. The van der Waals surface area contributed by atoms with Crippen LogP contribution >= 0.6 is 0 Å². The molecule has 1 amide bonds. The first kappa shape index (κ1) is 19.1. The standard InChI is InChI=1S/C21H20N4O3S/c26-21(12-18-13-23-25(15-18)19-4-2-1-3-5-19)24(14-17-6-9-22-10-7-17)20-8-11-29(27,28)16-20/h1-11,13,15,20H,12,14,16H2. The Hall–Kier alpha value is -3.26. The van der Waals surface area contributed by atoms with Gasteiger partial charge in [0.1, 0.15) is 0 Å². The van der Waals surface area contributed by atoms with E-state index in [0.29, 0.717) is 6.54 Å². The molecule has 1 aliphatic rings. The Kier molecular flexibility index (Phi) is 5.26. The smallest absolute Gasteiger partial charge is 0.227 e. The van der Waals surface area contributed by atoms with Gasteiger partial charge in [-0.2, -0.15) is 5.10 Å². The van der Waals surface area contributed by atoms with Crippen LogP contribution in [0.5, 0.6) is 0 Å². The lowest BCUT2D eigenvalue weighted by molar-refractivity contribution is -0.132. The normalized spacial score (nSPS) is 17.3. The minimum absolute atomic E-state index is 0.0902. The molecule has 0 aliphatic carbocycles. The zero-order chi connectivity index (χ0) is 20.3. The van der Waals surface area contributed by atoms with Crippen molar-refractivity contribution in [2.75, 3.05) is 5.75 Å². The zero-order valence-corrected chi connectivity index (χ0v) is 16.4. The van der Waals surface area contributed by atoms with Crippen molar-refractivity contribution in [2.24, 2.45) is 0 Å². The SMILES string of the molecule is O=C(Cc1cnn(-c2ccccc2)c1)N(Cc1ccncc1)C1C=CS(=O)(=O)C1. The van der Waals surface area contributed by atoms with Gasteiger partial charge >= 0.3 is 0 Å². The van der Waals surface area contributed by atoms with Crippen LogP contribution in [0.25, 0.3) is 5.69 Å². The summed E-state index contributed by atoms with van der Waals surface area (Å²) < 4.78 is 25.5. The molecule has 0 bridgehead atoms. The average Bonchev–Trinajstić information content (AvgIpc) is 3.33. The van der Waals surface area contributed by atoms with Crippen molar-refractivity contribution in [2.45, 2.75) is 19.0 Å². The highest BCUT2D eigenvalue weighted by molar-refractivity contribution is 7.94. The summed E-state index contributed by atoms with van der Waals surface area (Å²) in [4.78, 5) is 18.7. The van der Waals surface area contributed by atoms with E-state index in [1.807, 2.05) is 48.7 Å². The molecule has 0 saturated heterocycles. The van der Waals surface area contributed by atoms with Crippen LogP contribution in [0.1, 0.15) is 11.1 Å². The first-order valence-electron chi connectivity index (χ1n) is 9.18. The summed E-state index contributed by atoms with van der Waals surface area (Å²) in [6.07, 6.45) is 8.52. The average molecular weight is 408 g/mol. The van der Waals surface area contributed by atoms with E-state index in [-0.39, 0.29) is 18.1 Å². The van der Waals surface area contributed by atoms with Crippen LogP contribution in [0, 0.1) is 0 Å². The lowest BCUT2D eigenvalue weighted by Gasteiger charge is -2.27. The van der Waals surface area contributed by atoms with Crippen LogP contribution in [0.15, 0.2) is 78.7 Å². The summed E-state index contributed by atoms with van der Waals surface area (Å²) in [6.45, 7) is 0.318. The van der Waals surface area contributed by atoms with Crippen LogP contribution < -0.4 is 0 Å². The number of sulfone groups is 1. The Morgan fingerprint density at radius 2 is 1.86 bits per heavy atom. The molecular formula is C21H20N4O3S. The van der Waals surface area contributed by atoms with Gasteiger partial charge in [0.25, 0.3) is 0 Å². The van der Waals surface area contributed by atoms with E-state index in [1.54, 1.807) is 34.2 Å². The van der Waals surface area contributed by atoms with Gasteiger partial charge in [-0.05, 0) is 41.5 Å². The number of carbonyl (C=O) groups excluding carboxylic acids is 1. The summed E-state index contributed by atoms with van der Waals surface area (Å²) >= 11 is 0. The number of hydrogen-bond acceptors (Lipinski definition) is 5. The summed E-state index contributed by atoms with van der Waals surface area (Å²) in [6, 6.07) is 12.8. The number of hydrogen-bond donors (Lipinski definition) is 0. The molecule has 7 nitrogen and oxygen atoms in total. The third-order valence-corrected chi connectivity index (χ3v) is 6.12. The van der Waals surface area contributed by atoms with Gasteiger partial charge in [0.05, 0.1) is 30.1 Å². The fourth-order valence-corrected chi connectivity index (χ4v) is 4.58. The topological polar surface area (TPSA) is 85.2 Å². The molecule has 1 aromatic carbocycles. The molecule has 8 heteroatoms. The van der Waals surface area contributed by atoms with Crippen LogP contribution in [0.3, 0.4) is 0 Å². The number of benzene rings is 1. The molecule has 0 radical (unpaired) electrons. The van der Waals surface area contributed by atoms with Gasteiger partial charge in [0.2, 0.25) is 5.91 Å². The molecule has 1 atom stereocenters. The molecule has 1 aliphatic heterocycles. The van der Waals surface area contributed by atoms with E-state index >= 15 is 0 Å². The maximum absolute atomic E-state index is 13.1. The van der Waals surface area contributed by atoms with Crippen LogP contribution in [-0.4, -0.2) is 45.8 Å². The van der Waals surface area contributed by atoms with E-state index in [4.69, 9.17) is 0 Å². The third kappa shape index (κ3) is 4.60. The summed E-state index contributed by atoms with van der Waals surface area (Å²) in [5.41, 5.74) is 2.57. The minimum Gasteiger partial charge on any atom is -0.331 e. The molecule has 4 rings (SSSR count). The number of pyridine rings is 1. The fraction of sp³-hybridized carbons (Fsp3) is 0.190. The van der Waals surface area contributed by atoms with Gasteiger partial charge < -0.3 is 4.90 Å². The summed E-state index contributed by atoms with van der Waals surface area (Å²) in [5, 5.41) is 5.52. The monoisotopic (exact) mass is 408 g/mol. The quantitative estimate of drug-likeness (QED) is 0.624. The lowest BCUT2D eigenvalue weighted by atomic mass is 10.1. The second-order valence-corrected chi connectivity index (χ2v) is 8.84. The molecule has 0 N–H and O–H groups in total. The van der Waals surface area contributed by atoms with Gasteiger partial charge in [0, 0.05) is 30.5 Å².